The Kier molecular flexibility index (Phi) is 6.88. The first-order chi connectivity index (χ1) is 17.4. The summed E-state index contributed by atoms with van der Waals surface area (Å²) in [4.78, 5) is 23.3. The van der Waals surface area contributed by atoms with Gasteiger partial charge in [0.1, 0.15) is 23.9 Å². The lowest BCUT2D eigenvalue weighted by Crippen LogP contribution is -2.59. The third-order valence-electron chi connectivity index (χ3n) is 6.84. The number of amides is 1. The number of nitrogens with one attached hydrogen (secondary N) is 1. The van der Waals surface area contributed by atoms with Crippen LogP contribution in [-0.2, 0) is 20.8 Å². The van der Waals surface area contributed by atoms with E-state index in [1.807, 2.05) is 6.92 Å². The van der Waals surface area contributed by atoms with Gasteiger partial charge in [0.15, 0.2) is 0 Å². The lowest BCUT2D eigenvalue weighted by molar-refractivity contribution is -0.112. The number of benzene rings is 1. The molecule has 1 aliphatic carbocycles. The maximum Gasteiger partial charge on any atom is 0.410 e. The summed E-state index contributed by atoms with van der Waals surface area (Å²) < 4.78 is 23.4. The van der Waals surface area contributed by atoms with Crippen LogP contribution in [0.2, 0.25) is 5.02 Å². The Morgan fingerprint density at radius 1 is 1.31 bits per heavy atom. The van der Waals surface area contributed by atoms with Crippen LogP contribution in [0.3, 0.4) is 0 Å². The van der Waals surface area contributed by atoms with Crippen molar-refractivity contribution >= 4 is 29.2 Å². The molecule has 11 heteroatoms. The number of halogens is 1. The van der Waals surface area contributed by atoms with E-state index in [2.05, 4.69) is 21.4 Å². The maximum absolute atomic E-state index is 12.7. The van der Waals surface area contributed by atoms with Crippen LogP contribution < -0.4 is 10.1 Å². The van der Waals surface area contributed by atoms with E-state index in [0.717, 1.165) is 12.8 Å². The van der Waals surface area contributed by atoms with Crippen LogP contribution in [0.4, 0.5) is 16.3 Å². The van der Waals surface area contributed by atoms with Gasteiger partial charge in [-0.3, -0.25) is 0 Å². The number of ether oxygens (including phenoxy) is 4. The summed E-state index contributed by atoms with van der Waals surface area (Å²) in [5.74, 6) is 0.856. The summed E-state index contributed by atoms with van der Waals surface area (Å²) in [5, 5.41) is 12.7. The molecule has 3 fully saturated rings. The fraction of sp³-hybridized carbons (Fsp3) is 0.520. The minimum atomic E-state index is -0.312. The zero-order valence-electron chi connectivity index (χ0n) is 20.2. The Bertz CT molecular complexity index is 1170. The molecule has 0 radical (unpaired) electrons. The molecule has 0 spiro atoms. The summed E-state index contributed by atoms with van der Waals surface area (Å²) in [7, 11) is 1.59. The molecule has 1 amide bonds. The molecule has 1 aromatic heterocycles. The Hall–Kier alpha value is -3.13. The van der Waals surface area contributed by atoms with Crippen molar-refractivity contribution < 1.29 is 23.7 Å². The first kappa shape index (κ1) is 24.6. The summed E-state index contributed by atoms with van der Waals surface area (Å²) in [6.07, 6.45) is 2.79. The third kappa shape index (κ3) is 5.19. The first-order valence-corrected chi connectivity index (χ1v) is 12.3. The molecule has 2 unspecified atom stereocenters. The average Bonchev–Trinajstić information content (AvgIpc) is 3.58. The van der Waals surface area contributed by atoms with Crippen molar-refractivity contribution in [2.45, 2.75) is 38.1 Å². The number of likely N-dealkylation sites (tertiary alicyclic amines) is 1. The largest absolute Gasteiger partial charge is 0.473 e. The van der Waals surface area contributed by atoms with Crippen LogP contribution in [0.15, 0.2) is 24.5 Å². The van der Waals surface area contributed by atoms with Crippen molar-refractivity contribution in [1.29, 1.82) is 5.26 Å². The van der Waals surface area contributed by atoms with E-state index in [4.69, 9.17) is 35.8 Å². The van der Waals surface area contributed by atoms with Gasteiger partial charge in [-0.15, -0.1) is 0 Å². The van der Waals surface area contributed by atoms with Crippen molar-refractivity contribution in [2.24, 2.45) is 11.8 Å². The van der Waals surface area contributed by atoms with E-state index in [1.165, 1.54) is 6.33 Å². The molecule has 1 N–H and O–H groups in total. The number of nitrogens with zero attached hydrogens (tertiary/aromatic N) is 4. The van der Waals surface area contributed by atoms with Crippen LogP contribution in [0, 0.1) is 23.2 Å². The minimum absolute atomic E-state index is 0.0215. The normalized spacial score (nSPS) is 23.9. The molecule has 2 atom stereocenters. The van der Waals surface area contributed by atoms with Gasteiger partial charge >= 0.3 is 6.09 Å². The number of piperidine rings is 1. The summed E-state index contributed by atoms with van der Waals surface area (Å²) in [5.41, 5.74) is 1.39. The molecule has 2 aliphatic heterocycles. The molecule has 5 rings (SSSR count). The number of hydrogen-bond donors (Lipinski definition) is 1. The number of aromatic nitrogens is 2. The van der Waals surface area contributed by atoms with E-state index in [0.29, 0.717) is 59.8 Å². The van der Waals surface area contributed by atoms with Gasteiger partial charge in [-0.25, -0.2) is 14.8 Å². The zero-order chi connectivity index (χ0) is 25.3. The molecule has 2 saturated heterocycles. The van der Waals surface area contributed by atoms with Crippen LogP contribution in [0.25, 0.3) is 0 Å². The molecular weight excluding hydrogens is 486 g/mol. The van der Waals surface area contributed by atoms with E-state index >= 15 is 0 Å². The monoisotopic (exact) mass is 513 g/mol. The van der Waals surface area contributed by atoms with Gasteiger partial charge < -0.3 is 29.2 Å². The van der Waals surface area contributed by atoms with Gasteiger partial charge in [0.2, 0.25) is 5.88 Å². The molecule has 3 aliphatic rings. The smallest absolute Gasteiger partial charge is 0.410 e. The number of methoxy groups -OCH3 is 1. The molecule has 3 heterocycles. The Labute approximate surface area is 214 Å². The van der Waals surface area contributed by atoms with Gasteiger partial charge in [0.05, 0.1) is 47.7 Å². The highest BCUT2D eigenvalue weighted by Gasteiger charge is 2.47. The molecule has 1 aromatic carbocycles. The van der Waals surface area contributed by atoms with Crippen molar-refractivity contribution in [2.75, 3.05) is 38.7 Å². The van der Waals surface area contributed by atoms with Crippen molar-refractivity contribution in [3.8, 4) is 11.9 Å². The van der Waals surface area contributed by atoms with Crippen molar-refractivity contribution in [1.82, 2.24) is 14.9 Å². The highest BCUT2D eigenvalue weighted by Crippen LogP contribution is 2.40. The lowest BCUT2D eigenvalue weighted by Gasteiger charge is -2.46. The third-order valence-corrected chi connectivity index (χ3v) is 7.16. The molecule has 36 heavy (non-hydrogen) atoms. The summed E-state index contributed by atoms with van der Waals surface area (Å²) >= 11 is 6.35. The van der Waals surface area contributed by atoms with E-state index in [1.54, 1.807) is 30.2 Å². The number of rotatable bonds is 7. The fourth-order valence-corrected chi connectivity index (χ4v) is 4.84. The predicted molar refractivity (Wildman–Crippen MR) is 130 cm³/mol. The molecule has 190 valence electrons. The summed E-state index contributed by atoms with van der Waals surface area (Å²) in [6.45, 7) is 4.13. The minimum Gasteiger partial charge on any atom is -0.473 e. The fourth-order valence-electron chi connectivity index (χ4n) is 4.62. The molecular formula is C25H28ClN5O5. The van der Waals surface area contributed by atoms with Crippen molar-refractivity contribution in [3.63, 3.8) is 0 Å². The summed E-state index contributed by atoms with van der Waals surface area (Å²) in [6, 6.07) is 7.05. The van der Waals surface area contributed by atoms with Gasteiger partial charge in [-0.1, -0.05) is 11.6 Å². The first-order valence-electron chi connectivity index (χ1n) is 11.9. The Morgan fingerprint density at radius 2 is 2.06 bits per heavy atom. The van der Waals surface area contributed by atoms with Crippen LogP contribution in [0.5, 0.6) is 5.88 Å². The van der Waals surface area contributed by atoms with Crippen molar-refractivity contribution in [3.05, 3.63) is 40.7 Å². The second kappa shape index (κ2) is 10.1. The van der Waals surface area contributed by atoms with Gasteiger partial charge in [-0.05, 0) is 38.0 Å². The standard InChI is InChI=1S/C25H28ClN5O5/c1-25(5-6-25)36-24(32)31-9-16-11-34-12-17(10-31)21(16)35-23-18(13-33-2)22(28-14-29-23)30-20-4-3-15(8-27)7-19(20)26/h3-4,7,14,16-17,21H,5-6,9-13H2,1-2H3,(H,28,29,30). The number of carbonyl (C=O) groups excluding carboxylic acids is 1. The molecule has 2 bridgehead atoms. The highest BCUT2D eigenvalue weighted by molar-refractivity contribution is 6.33. The topological polar surface area (TPSA) is 119 Å². The second-order valence-electron chi connectivity index (χ2n) is 9.73. The second-order valence-corrected chi connectivity index (χ2v) is 10.1. The molecule has 1 saturated carbocycles. The predicted octanol–water partition coefficient (Wildman–Crippen LogP) is 3.91. The Morgan fingerprint density at radius 3 is 2.69 bits per heavy atom. The van der Waals surface area contributed by atoms with Gasteiger partial charge in [0.25, 0.3) is 0 Å². The average molecular weight is 514 g/mol. The van der Waals surface area contributed by atoms with Crippen LogP contribution >= 0.6 is 11.6 Å². The number of carbonyl (C=O) groups is 1. The molecule has 10 nitrogen and oxygen atoms in total. The lowest BCUT2D eigenvalue weighted by atomic mass is 9.84. The SMILES string of the molecule is COCc1c(Nc2ccc(C#N)cc2Cl)ncnc1OC1C2COCC1CN(C(=O)OC1(C)CC1)C2. The number of nitriles is 1. The number of anilines is 2. The maximum atomic E-state index is 12.7. The van der Waals surface area contributed by atoms with Gasteiger partial charge in [-0.2, -0.15) is 5.26 Å². The molecule has 2 aromatic rings. The highest BCUT2D eigenvalue weighted by atomic mass is 35.5. The zero-order valence-corrected chi connectivity index (χ0v) is 21.0. The van der Waals surface area contributed by atoms with Crippen LogP contribution in [0.1, 0.15) is 30.9 Å². The number of fused-ring (bicyclic) bond motifs is 2. The quantitative estimate of drug-likeness (QED) is 0.587. The van der Waals surface area contributed by atoms with E-state index in [-0.39, 0.29) is 36.2 Å². The van der Waals surface area contributed by atoms with E-state index < -0.39 is 0 Å². The van der Waals surface area contributed by atoms with E-state index in [9.17, 15) is 4.79 Å². The van der Waals surface area contributed by atoms with Crippen LogP contribution in [-0.4, -0.2) is 66.1 Å². The van der Waals surface area contributed by atoms with Gasteiger partial charge in [0, 0.05) is 32.0 Å². The Balaban J connectivity index is 1.34. The number of hydrogen-bond acceptors (Lipinski definition) is 9.